The van der Waals surface area contributed by atoms with E-state index < -0.39 is 0 Å². The van der Waals surface area contributed by atoms with E-state index >= 15 is 0 Å². The number of rotatable bonds is 7. The summed E-state index contributed by atoms with van der Waals surface area (Å²) in [6.45, 7) is 2.28. The van der Waals surface area contributed by atoms with Gasteiger partial charge >= 0.3 is 5.97 Å². The first kappa shape index (κ1) is 18.5. The number of methoxy groups -OCH3 is 1. The average molecular weight is 373 g/mol. The Morgan fingerprint density at radius 3 is 2.58 bits per heavy atom. The first-order valence-electron chi connectivity index (χ1n) is 8.86. The zero-order chi connectivity index (χ0) is 18.5. The highest BCUT2D eigenvalue weighted by Crippen LogP contribution is 2.38. The average Bonchev–Trinajstić information content (AvgIpc) is 3.05. The zero-order valence-electron chi connectivity index (χ0n) is 15.1. The summed E-state index contributed by atoms with van der Waals surface area (Å²) in [5.41, 5.74) is 2.32. The van der Waals surface area contributed by atoms with Crippen molar-refractivity contribution in [3.8, 4) is 5.75 Å². The van der Waals surface area contributed by atoms with Crippen molar-refractivity contribution in [2.24, 2.45) is 0 Å². The van der Waals surface area contributed by atoms with Gasteiger partial charge in [0.25, 0.3) is 0 Å². The van der Waals surface area contributed by atoms with E-state index in [0.29, 0.717) is 23.5 Å². The van der Waals surface area contributed by atoms with Crippen LogP contribution in [0.15, 0.2) is 24.3 Å². The number of fused-ring (bicyclic) bond motifs is 1. The van der Waals surface area contributed by atoms with Crippen LogP contribution in [0, 0.1) is 0 Å². The fourth-order valence-corrected chi connectivity index (χ4v) is 4.42. The van der Waals surface area contributed by atoms with Gasteiger partial charge < -0.3 is 14.8 Å². The molecule has 3 rings (SSSR count). The Balaban J connectivity index is 1.77. The molecule has 2 aromatic rings. The van der Waals surface area contributed by atoms with Crippen LogP contribution in [0.2, 0.25) is 0 Å². The van der Waals surface area contributed by atoms with Gasteiger partial charge in [0.05, 0.1) is 25.8 Å². The third kappa shape index (κ3) is 3.90. The van der Waals surface area contributed by atoms with Gasteiger partial charge in [0.15, 0.2) is 5.78 Å². The van der Waals surface area contributed by atoms with Gasteiger partial charge in [-0.15, -0.1) is 11.3 Å². The molecule has 1 aliphatic rings. The second-order valence-corrected chi connectivity index (χ2v) is 7.25. The van der Waals surface area contributed by atoms with Crippen LogP contribution < -0.4 is 10.1 Å². The van der Waals surface area contributed by atoms with E-state index in [0.717, 1.165) is 36.2 Å². The highest BCUT2D eigenvalue weighted by molar-refractivity contribution is 7.16. The maximum atomic E-state index is 12.5. The summed E-state index contributed by atoms with van der Waals surface area (Å²) >= 11 is 1.58. The summed E-state index contributed by atoms with van der Waals surface area (Å²) < 4.78 is 10.4. The molecule has 1 aliphatic carbocycles. The number of carbonyl (C=O) groups excluding carboxylic acids is 2. The van der Waals surface area contributed by atoms with Crippen LogP contribution in [0.25, 0.3) is 0 Å². The Labute approximate surface area is 157 Å². The van der Waals surface area contributed by atoms with E-state index in [2.05, 4.69) is 5.32 Å². The van der Waals surface area contributed by atoms with Gasteiger partial charge in [0.2, 0.25) is 0 Å². The van der Waals surface area contributed by atoms with E-state index in [9.17, 15) is 9.59 Å². The van der Waals surface area contributed by atoms with Crippen molar-refractivity contribution < 1.29 is 19.1 Å². The lowest BCUT2D eigenvalue weighted by molar-refractivity contribution is 0.0526. The molecule has 1 N–H and O–H groups in total. The number of carbonyl (C=O) groups is 2. The second-order valence-electron chi connectivity index (χ2n) is 6.14. The Bertz CT molecular complexity index is 795. The first-order valence-corrected chi connectivity index (χ1v) is 9.68. The summed E-state index contributed by atoms with van der Waals surface area (Å²) in [4.78, 5) is 26.1. The normalized spacial score (nSPS) is 13.0. The number of nitrogens with one attached hydrogen (secondary N) is 1. The van der Waals surface area contributed by atoms with Gasteiger partial charge in [-0.2, -0.15) is 0 Å². The van der Waals surface area contributed by atoms with Crippen LogP contribution in [0.1, 0.15) is 50.9 Å². The zero-order valence-corrected chi connectivity index (χ0v) is 15.9. The van der Waals surface area contributed by atoms with E-state index in [4.69, 9.17) is 9.47 Å². The molecule has 0 bridgehead atoms. The van der Waals surface area contributed by atoms with Gasteiger partial charge in [-0.05, 0) is 62.4 Å². The molecule has 1 heterocycles. The highest BCUT2D eigenvalue weighted by Gasteiger charge is 2.26. The maximum Gasteiger partial charge on any atom is 0.341 e. The molecule has 1 aromatic heterocycles. The summed E-state index contributed by atoms with van der Waals surface area (Å²) in [6.07, 6.45) is 4.11. The van der Waals surface area contributed by atoms with Crippen LogP contribution >= 0.6 is 11.3 Å². The molecule has 5 nitrogen and oxygen atoms in total. The van der Waals surface area contributed by atoms with E-state index in [1.807, 2.05) is 0 Å². The number of thiophene rings is 1. The minimum Gasteiger partial charge on any atom is -0.497 e. The predicted octanol–water partition coefficient (Wildman–Crippen LogP) is 4.11. The lowest BCUT2D eigenvalue weighted by Crippen LogP contribution is -2.16. The largest absolute Gasteiger partial charge is 0.497 e. The minimum absolute atomic E-state index is 0.0335. The molecular weight excluding hydrogens is 350 g/mol. The molecule has 0 atom stereocenters. The van der Waals surface area contributed by atoms with Crippen LogP contribution in [-0.4, -0.2) is 32.0 Å². The summed E-state index contributed by atoms with van der Waals surface area (Å²) in [6, 6.07) is 7.02. The van der Waals surface area contributed by atoms with E-state index in [1.54, 1.807) is 49.6 Å². The number of ether oxygens (including phenoxy) is 2. The summed E-state index contributed by atoms with van der Waals surface area (Å²) in [5.74, 6) is 0.380. The van der Waals surface area contributed by atoms with Crippen molar-refractivity contribution in [3.05, 3.63) is 45.8 Å². The summed E-state index contributed by atoms with van der Waals surface area (Å²) in [7, 11) is 1.59. The molecule has 0 unspecified atom stereocenters. The van der Waals surface area contributed by atoms with E-state index in [-0.39, 0.29) is 18.3 Å². The summed E-state index contributed by atoms with van der Waals surface area (Å²) in [5, 5.41) is 3.92. The van der Waals surface area contributed by atoms with Gasteiger partial charge in [-0.25, -0.2) is 4.79 Å². The molecule has 6 heteroatoms. The lowest BCUT2D eigenvalue weighted by atomic mass is 9.95. The number of aryl methyl sites for hydroxylation is 1. The third-order valence-electron chi connectivity index (χ3n) is 4.47. The molecule has 1 aromatic carbocycles. The van der Waals surface area contributed by atoms with Crippen LogP contribution in [-0.2, 0) is 17.6 Å². The number of Topliss-reactive ketones (excluding diaryl/α,β-unsaturated/α-hetero) is 1. The second kappa shape index (κ2) is 8.36. The molecule has 0 radical (unpaired) electrons. The Morgan fingerprint density at radius 1 is 1.15 bits per heavy atom. The Hall–Kier alpha value is -2.34. The highest BCUT2D eigenvalue weighted by atomic mass is 32.1. The van der Waals surface area contributed by atoms with Crippen LogP contribution in [0.3, 0.4) is 0 Å². The van der Waals surface area contributed by atoms with Crippen LogP contribution in [0.5, 0.6) is 5.75 Å². The maximum absolute atomic E-state index is 12.5. The molecule has 0 saturated heterocycles. The third-order valence-corrected chi connectivity index (χ3v) is 5.72. The number of hydrogen-bond donors (Lipinski definition) is 1. The van der Waals surface area contributed by atoms with Gasteiger partial charge in [-0.1, -0.05) is 0 Å². The van der Waals surface area contributed by atoms with Crippen molar-refractivity contribution in [1.29, 1.82) is 0 Å². The molecule has 0 fully saturated rings. The monoisotopic (exact) mass is 373 g/mol. The first-order chi connectivity index (χ1) is 12.6. The SMILES string of the molecule is CCOC(=O)c1c(NCC(=O)c2ccc(OC)cc2)sc2c1CCCC2. The molecule has 26 heavy (non-hydrogen) atoms. The number of hydrogen-bond acceptors (Lipinski definition) is 6. The molecule has 0 saturated carbocycles. The number of benzene rings is 1. The molecule has 0 aliphatic heterocycles. The smallest absolute Gasteiger partial charge is 0.341 e. The van der Waals surface area contributed by atoms with E-state index in [1.165, 1.54) is 4.88 Å². The quantitative estimate of drug-likeness (QED) is 0.584. The van der Waals surface area contributed by atoms with Gasteiger partial charge in [0, 0.05) is 10.4 Å². The van der Waals surface area contributed by atoms with Crippen molar-refractivity contribution in [1.82, 2.24) is 0 Å². The lowest BCUT2D eigenvalue weighted by Gasteiger charge is -2.12. The van der Waals surface area contributed by atoms with Gasteiger partial charge in [-0.3, -0.25) is 4.79 Å². The molecule has 0 spiro atoms. The standard InChI is InChI=1S/C20H23NO4S/c1-3-25-20(23)18-15-6-4-5-7-17(15)26-19(18)21-12-16(22)13-8-10-14(24-2)11-9-13/h8-11,21H,3-7,12H2,1-2H3. The van der Waals surface area contributed by atoms with Crippen molar-refractivity contribution in [2.75, 3.05) is 25.6 Å². The number of esters is 1. The Kier molecular flexibility index (Phi) is 5.93. The fourth-order valence-electron chi connectivity index (χ4n) is 3.15. The minimum atomic E-state index is -0.300. The fraction of sp³-hybridized carbons (Fsp3) is 0.400. The van der Waals surface area contributed by atoms with Crippen molar-refractivity contribution in [2.45, 2.75) is 32.6 Å². The van der Waals surface area contributed by atoms with Gasteiger partial charge in [0.1, 0.15) is 10.8 Å². The number of ketones is 1. The van der Waals surface area contributed by atoms with Crippen LogP contribution in [0.4, 0.5) is 5.00 Å². The topological polar surface area (TPSA) is 64.6 Å². The Morgan fingerprint density at radius 2 is 1.88 bits per heavy atom. The number of anilines is 1. The molecule has 0 amide bonds. The predicted molar refractivity (Wildman–Crippen MR) is 103 cm³/mol. The van der Waals surface area contributed by atoms with Crippen molar-refractivity contribution >= 4 is 28.1 Å². The molecule has 138 valence electrons. The van der Waals surface area contributed by atoms with Crippen molar-refractivity contribution in [3.63, 3.8) is 0 Å². The molecular formula is C20H23NO4S.